The van der Waals surface area contributed by atoms with Crippen molar-refractivity contribution in [3.8, 4) is 0 Å². The first-order chi connectivity index (χ1) is 10.8. The van der Waals surface area contributed by atoms with Crippen molar-refractivity contribution in [2.45, 2.75) is 24.8 Å². The van der Waals surface area contributed by atoms with Crippen molar-refractivity contribution < 1.29 is 4.79 Å². The standard InChI is InChI=1S/C18H17N3O/c22-17(18(10-11-18)13-6-2-1-3-7-13)19-12-16-20-14-8-4-5-9-15(14)21-16/h1-9H,10-12H2,(H,19,22)(H,20,21). The molecule has 22 heavy (non-hydrogen) atoms. The van der Waals surface area contributed by atoms with Crippen LogP contribution in [0.4, 0.5) is 0 Å². The number of imidazole rings is 1. The lowest BCUT2D eigenvalue weighted by molar-refractivity contribution is -0.123. The summed E-state index contributed by atoms with van der Waals surface area (Å²) in [5.41, 5.74) is 2.71. The minimum Gasteiger partial charge on any atom is -0.348 e. The third kappa shape index (κ3) is 2.17. The van der Waals surface area contributed by atoms with E-state index in [4.69, 9.17) is 0 Å². The van der Waals surface area contributed by atoms with Crippen LogP contribution >= 0.6 is 0 Å². The number of fused-ring (bicyclic) bond motifs is 1. The van der Waals surface area contributed by atoms with E-state index in [0.29, 0.717) is 6.54 Å². The van der Waals surface area contributed by atoms with Crippen LogP contribution in [-0.2, 0) is 16.8 Å². The minimum absolute atomic E-state index is 0.0964. The van der Waals surface area contributed by atoms with Gasteiger partial charge in [-0.1, -0.05) is 42.5 Å². The Bertz CT molecular complexity index is 785. The van der Waals surface area contributed by atoms with Gasteiger partial charge in [0.05, 0.1) is 23.0 Å². The van der Waals surface area contributed by atoms with Crippen LogP contribution in [0.3, 0.4) is 0 Å². The maximum absolute atomic E-state index is 12.6. The van der Waals surface area contributed by atoms with E-state index < -0.39 is 0 Å². The van der Waals surface area contributed by atoms with Gasteiger partial charge in [0.25, 0.3) is 0 Å². The highest BCUT2D eigenvalue weighted by Gasteiger charge is 2.50. The van der Waals surface area contributed by atoms with Crippen molar-refractivity contribution in [1.29, 1.82) is 0 Å². The molecular formula is C18H17N3O. The van der Waals surface area contributed by atoms with E-state index in [1.54, 1.807) is 0 Å². The Kier molecular flexibility index (Phi) is 2.96. The third-order valence-electron chi connectivity index (χ3n) is 4.37. The second-order valence-corrected chi connectivity index (χ2v) is 5.83. The van der Waals surface area contributed by atoms with Crippen molar-refractivity contribution in [1.82, 2.24) is 15.3 Å². The monoisotopic (exact) mass is 291 g/mol. The Morgan fingerprint density at radius 1 is 1.09 bits per heavy atom. The van der Waals surface area contributed by atoms with Crippen LogP contribution in [-0.4, -0.2) is 15.9 Å². The van der Waals surface area contributed by atoms with Crippen molar-refractivity contribution >= 4 is 16.9 Å². The number of hydrogen-bond acceptors (Lipinski definition) is 2. The molecule has 0 spiro atoms. The zero-order valence-corrected chi connectivity index (χ0v) is 12.2. The molecule has 0 saturated heterocycles. The van der Waals surface area contributed by atoms with Gasteiger partial charge in [-0.3, -0.25) is 4.79 Å². The van der Waals surface area contributed by atoms with Crippen molar-refractivity contribution in [2.75, 3.05) is 0 Å². The summed E-state index contributed by atoms with van der Waals surface area (Å²) in [5.74, 6) is 0.887. The zero-order valence-electron chi connectivity index (χ0n) is 12.2. The van der Waals surface area contributed by atoms with Crippen LogP contribution in [0.5, 0.6) is 0 Å². The average Bonchev–Trinajstić information content (AvgIpc) is 3.27. The summed E-state index contributed by atoms with van der Waals surface area (Å²) in [4.78, 5) is 20.3. The number of nitrogens with zero attached hydrogens (tertiary/aromatic N) is 1. The Hall–Kier alpha value is -2.62. The zero-order chi connectivity index (χ0) is 15.0. The molecule has 2 aromatic carbocycles. The fourth-order valence-electron chi connectivity index (χ4n) is 2.95. The van der Waals surface area contributed by atoms with E-state index >= 15 is 0 Å². The number of benzene rings is 2. The SMILES string of the molecule is O=C(NCc1nc2ccccc2[nH]1)C1(c2ccccc2)CC1. The summed E-state index contributed by atoms with van der Waals surface area (Å²) < 4.78 is 0. The lowest BCUT2D eigenvalue weighted by Gasteiger charge is -2.15. The summed E-state index contributed by atoms with van der Waals surface area (Å²) in [6.45, 7) is 0.433. The second-order valence-electron chi connectivity index (χ2n) is 5.83. The Labute approximate surface area is 128 Å². The number of carbonyl (C=O) groups is 1. The van der Waals surface area contributed by atoms with Gasteiger partial charge < -0.3 is 10.3 Å². The topological polar surface area (TPSA) is 57.8 Å². The van der Waals surface area contributed by atoms with Crippen LogP contribution in [0, 0.1) is 0 Å². The summed E-state index contributed by atoms with van der Waals surface area (Å²) in [5, 5.41) is 3.03. The van der Waals surface area contributed by atoms with Crippen molar-refractivity contribution in [3.05, 3.63) is 66.0 Å². The molecule has 4 heteroatoms. The van der Waals surface area contributed by atoms with Gasteiger partial charge in [0, 0.05) is 0 Å². The second kappa shape index (κ2) is 4.98. The van der Waals surface area contributed by atoms with Gasteiger partial charge >= 0.3 is 0 Å². The molecule has 0 bridgehead atoms. The maximum atomic E-state index is 12.6. The van der Waals surface area contributed by atoms with Gasteiger partial charge in [-0.25, -0.2) is 4.98 Å². The highest BCUT2D eigenvalue weighted by atomic mass is 16.2. The first-order valence-electron chi connectivity index (χ1n) is 7.55. The molecule has 1 aliphatic carbocycles. The molecule has 1 fully saturated rings. The predicted octanol–water partition coefficient (Wildman–Crippen LogP) is 2.91. The molecule has 1 amide bonds. The van der Waals surface area contributed by atoms with E-state index in [1.165, 1.54) is 0 Å². The Morgan fingerprint density at radius 2 is 1.82 bits per heavy atom. The summed E-state index contributed by atoms with van der Waals surface area (Å²) in [6.07, 6.45) is 1.84. The van der Waals surface area contributed by atoms with Gasteiger partial charge in [0.2, 0.25) is 5.91 Å². The molecule has 0 atom stereocenters. The number of aromatic nitrogens is 2. The molecule has 110 valence electrons. The lowest BCUT2D eigenvalue weighted by Crippen LogP contribution is -2.34. The molecule has 0 radical (unpaired) electrons. The molecule has 1 aromatic heterocycles. The summed E-state index contributed by atoms with van der Waals surface area (Å²) >= 11 is 0. The normalized spacial score (nSPS) is 15.6. The number of rotatable bonds is 4. The van der Waals surface area contributed by atoms with Crippen LogP contribution in [0.25, 0.3) is 11.0 Å². The Balaban J connectivity index is 1.48. The highest BCUT2D eigenvalue weighted by Crippen LogP contribution is 2.48. The number of para-hydroxylation sites is 2. The van der Waals surface area contributed by atoms with Gasteiger partial charge in [-0.15, -0.1) is 0 Å². The molecular weight excluding hydrogens is 274 g/mol. The quantitative estimate of drug-likeness (QED) is 0.776. The maximum Gasteiger partial charge on any atom is 0.231 e. The largest absolute Gasteiger partial charge is 0.348 e. The average molecular weight is 291 g/mol. The van der Waals surface area contributed by atoms with Crippen LogP contribution in [0.2, 0.25) is 0 Å². The first kappa shape index (κ1) is 13.1. The smallest absolute Gasteiger partial charge is 0.231 e. The predicted molar refractivity (Wildman–Crippen MR) is 85.3 cm³/mol. The van der Waals surface area contributed by atoms with E-state index in [1.807, 2.05) is 54.6 Å². The molecule has 4 nitrogen and oxygen atoms in total. The molecule has 1 aliphatic rings. The minimum atomic E-state index is -0.326. The van der Waals surface area contributed by atoms with E-state index in [9.17, 15) is 4.79 Å². The van der Waals surface area contributed by atoms with E-state index in [0.717, 1.165) is 35.3 Å². The summed E-state index contributed by atoms with van der Waals surface area (Å²) in [7, 11) is 0. The van der Waals surface area contributed by atoms with Crippen LogP contribution in [0.15, 0.2) is 54.6 Å². The van der Waals surface area contributed by atoms with Gasteiger partial charge in [0.1, 0.15) is 5.82 Å². The number of H-pyrrole nitrogens is 1. The number of carbonyl (C=O) groups excluding carboxylic acids is 1. The molecule has 3 aromatic rings. The van der Waals surface area contributed by atoms with E-state index in [2.05, 4.69) is 15.3 Å². The number of nitrogens with one attached hydrogen (secondary N) is 2. The lowest BCUT2D eigenvalue weighted by atomic mass is 9.95. The van der Waals surface area contributed by atoms with Gasteiger partial charge in [-0.2, -0.15) is 0 Å². The number of amides is 1. The summed E-state index contributed by atoms with van der Waals surface area (Å²) in [6, 6.07) is 17.9. The molecule has 2 N–H and O–H groups in total. The van der Waals surface area contributed by atoms with Gasteiger partial charge in [-0.05, 0) is 30.5 Å². The van der Waals surface area contributed by atoms with E-state index in [-0.39, 0.29) is 11.3 Å². The number of aromatic amines is 1. The fraction of sp³-hybridized carbons (Fsp3) is 0.222. The molecule has 1 heterocycles. The van der Waals surface area contributed by atoms with Crippen LogP contribution in [0.1, 0.15) is 24.2 Å². The van der Waals surface area contributed by atoms with Crippen LogP contribution < -0.4 is 5.32 Å². The molecule has 0 unspecified atom stereocenters. The highest BCUT2D eigenvalue weighted by molar-refractivity contribution is 5.91. The molecule has 4 rings (SSSR count). The third-order valence-corrected chi connectivity index (χ3v) is 4.37. The number of hydrogen-bond donors (Lipinski definition) is 2. The van der Waals surface area contributed by atoms with Crippen molar-refractivity contribution in [3.63, 3.8) is 0 Å². The van der Waals surface area contributed by atoms with Gasteiger partial charge in [0.15, 0.2) is 0 Å². The molecule has 1 saturated carbocycles. The Morgan fingerprint density at radius 3 is 2.55 bits per heavy atom. The molecule has 0 aliphatic heterocycles. The fourth-order valence-corrected chi connectivity index (χ4v) is 2.95. The van der Waals surface area contributed by atoms with Crippen molar-refractivity contribution in [2.24, 2.45) is 0 Å². The first-order valence-corrected chi connectivity index (χ1v) is 7.55.